The van der Waals surface area contributed by atoms with Gasteiger partial charge in [-0.1, -0.05) is 69.3 Å². The summed E-state index contributed by atoms with van der Waals surface area (Å²) in [7, 11) is 1.72. The molecule has 3 atom stereocenters. The molecule has 0 saturated carbocycles. The van der Waals surface area contributed by atoms with E-state index in [-0.39, 0.29) is 23.8 Å². The molecule has 1 aliphatic heterocycles. The fraction of sp³-hybridized carbons (Fsp3) is 0.391. The molecule has 1 fully saturated rings. The molecule has 1 aliphatic rings. The predicted octanol–water partition coefficient (Wildman–Crippen LogP) is 3.32. The lowest BCUT2D eigenvalue weighted by molar-refractivity contribution is -0.158. The van der Waals surface area contributed by atoms with E-state index < -0.39 is 18.2 Å². The first-order valence-corrected chi connectivity index (χ1v) is 9.57. The van der Waals surface area contributed by atoms with Crippen LogP contribution < -0.4 is 0 Å². The fourth-order valence-electron chi connectivity index (χ4n) is 4.09. The standard InChI is InChI=1S/C23H28N2O3/c1-23(2,3)22-24(4)21(28)18(19(26)16-11-7-5-8-12-16)15-25(22)20(27)17-13-9-6-10-14-17/h5-14,18-19,22,26H,15H2,1-4H3/t18-,19+,22-/m0/s1. The van der Waals surface area contributed by atoms with Crippen molar-refractivity contribution in [3.05, 3.63) is 71.8 Å². The lowest BCUT2D eigenvalue weighted by Crippen LogP contribution is -2.65. The van der Waals surface area contributed by atoms with Crippen LogP contribution in [0.15, 0.2) is 60.7 Å². The summed E-state index contributed by atoms with van der Waals surface area (Å²) >= 11 is 0. The van der Waals surface area contributed by atoms with E-state index >= 15 is 0 Å². The number of hydrogen-bond acceptors (Lipinski definition) is 3. The second-order valence-electron chi connectivity index (χ2n) is 8.47. The van der Waals surface area contributed by atoms with Gasteiger partial charge in [-0.05, 0) is 17.7 Å². The molecule has 5 heteroatoms. The first-order chi connectivity index (χ1) is 13.2. The highest BCUT2D eigenvalue weighted by molar-refractivity contribution is 5.96. The van der Waals surface area contributed by atoms with Crippen LogP contribution in [-0.4, -0.2) is 46.5 Å². The normalized spacial score (nSPS) is 21.5. The number of aliphatic hydroxyl groups excluding tert-OH is 1. The van der Waals surface area contributed by atoms with E-state index in [9.17, 15) is 14.7 Å². The Labute approximate surface area is 166 Å². The molecule has 2 aromatic rings. The van der Waals surface area contributed by atoms with Crippen LogP contribution in [0, 0.1) is 11.3 Å². The molecule has 28 heavy (non-hydrogen) atoms. The SMILES string of the molecule is CN1C(=O)[C@H]([C@H](O)c2ccccc2)CN(C(=O)c2ccccc2)[C@H]1C(C)(C)C. The Bertz CT molecular complexity index is 830. The van der Waals surface area contributed by atoms with Crippen LogP contribution in [0.5, 0.6) is 0 Å². The Morgan fingerprint density at radius 1 is 1.04 bits per heavy atom. The summed E-state index contributed by atoms with van der Waals surface area (Å²) in [6, 6.07) is 18.2. The van der Waals surface area contributed by atoms with Crippen molar-refractivity contribution in [3.63, 3.8) is 0 Å². The van der Waals surface area contributed by atoms with Gasteiger partial charge in [-0.3, -0.25) is 9.59 Å². The number of hydrogen-bond donors (Lipinski definition) is 1. The van der Waals surface area contributed by atoms with Crippen LogP contribution >= 0.6 is 0 Å². The Balaban J connectivity index is 1.99. The van der Waals surface area contributed by atoms with Crippen LogP contribution in [0.3, 0.4) is 0 Å². The van der Waals surface area contributed by atoms with Gasteiger partial charge in [-0.25, -0.2) is 0 Å². The minimum atomic E-state index is -0.969. The minimum Gasteiger partial charge on any atom is -0.388 e. The Kier molecular flexibility index (Phi) is 5.57. The molecule has 2 amide bonds. The zero-order valence-corrected chi connectivity index (χ0v) is 16.9. The number of rotatable bonds is 3. The van der Waals surface area contributed by atoms with Crippen LogP contribution in [0.25, 0.3) is 0 Å². The second-order valence-corrected chi connectivity index (χ2v) is 8.47. The minimum absolute atomic E-state index is 0.134. The molecule has 0 aromatic heterocycles. The van der Waals surface area contributed by atoms with Crippen molar-refractivity contribution >= 4 is 11.8 Å². The molecule has 1 N–H and O–H groups in total. The maximum Gasteiger partial charge on any atom is 0.255 e. The van der Waals surface area contributed by atoms with Crippen molar-refractivity contribution < 1.29 is 14.7 Å². The molecule has 2 aromatic carbocycles. The molecule has 0 spiro atoms. The van der Waals surface area contributed by atoms with Gasteiger partial charge in [0, 0.05) is 24.6 Å². The van der Waals surface area contributed by atoms with Crippen LogP contribution in [-0.2, 0) is 4.79 Å². The summed E-state index contributed by atoms with van der Waals surface area (Å²) < 4.78 is 0. The summed E-state index contributed by atoms with van der Waals surface area (Å²) in [5.74, 6) is -0.989. The van der Waals surface area contributed by atoms with Gasteiger partial charge < -0.3 is 14.9 Å². The maximum absolute atomic E-state index is 13.3. The van der Waals surface area contributed by atoms with Gasteiger partial charge in [0.25, 0.3) is 5.91 Å². The number of nitrogens with zero attached hydrogens (tertiary/aromatic N) is 2. The number of aliphatic hydroxyl groups is 1. The molecule has 0 unspecified atom stereocenters. The smallest absolute Gasteiger partial charge is 0.255 e. The van der Waals surface area contributed by atoms with Crippen LogP contribution in [0.4, 0.5) is 0 Å². The summed E-state index contributed by atoms with van der Waals surface area (Å²) in [6.45, 7) is 6.22. The number of benzene rings is 2. The van der Waals surface area contributed by atoms with Crippen molar-refractivity contribution in [1.29, 1.82) is 0 Å². The highest BCUT2D eigenvalue weighted by Gasteiger charge is 2.47. The van der Waals surface area contributed by atoms with Gasteiger partial charge in [-0.2, -0.15) is 0 Å². The van der Waals surface area contributed by atoms with E-state index in [1.54, 1.807) is 41.1 Å². The molecular formula is C23H28N2O3. The van der Waals surface area contributed by atoms with E-state index in [0.717, 1.165) is 0 Å². The van der Waals surface area contributed by atoms with Crippen molar-refractivity contribution in [2.45, 2.75) is 33.0 Å². The molecule has 1 heterocycles. The molecule has 0 radical (unpaired) electrons. The first kappa shape index (κ1) is 20.1. The molecule has 1 saturated heterocycles. The average molecular weight is 380 g/mol. The van der Waals surface area contributed by atoms with Crippen LogP contribution in [0.1, 0.15) is 42.8 Å². The largest absolute Gasteiger partial charge is 0.388 e. The third kappa shape index (κ3) is 3.80. The van der Waals surface area contributed by atoms with E-state index in [4.69, 9.17) is 0 Å². The zero-order chi connectivity index (χ0) is 20.5. The van der Waals surface area contributed by atoms with E-state index in [1.165, 1.54) is 0 Å². The first-order valence-electron chi connectivity index (χ1n) is 9.57. The highest BCUT2D eigenvalue weighted by Crippen LogP contribution is 2.36. The third-order valence-corrected chi connectivity index (χ3v) is 5.30. The summed E-state index contributed by atoms with van der Waals surface area (Å²) in [6.07, 6.45) is -1.37. The topological polar surface area (TPSA) is 60.9 Å². The quantitative estimate of drug-likeness (QED) is 0.889. The number of carbonyl (C=O) groups excluding carboxylic acids is 2. The van der Waals surface area contributed by atoms with Crippen LogP contribution in [0.2, 0.25) is 0 Å². The van der Waals surface area contributed by atoms with Gasteiger partial charge in [0.05, 0.1) is 12.0 Å². The molecule has 3 rings (SSSR count). The van der Waals surface area contributed by atoms with E-state index in [2.05, 4.69) is 0 Å². The fourth-order valence-corrected chi connectivity index (χ4v) is 4.09. The van der Waals surface area contributed by atoms with Crippen molar-refractivity contribution in [1.82, 2.24) is 9.80 Å². The maximum atomic E-state index is 13.3. The highest BCUT2D eigenvalue weighted by atomic mass is 16.3. The molecule has 5 nitrogen and oxygen atoms in total. The van der Waals surface area contributed by atoms with Gasteiger partial charge >= 0.3 is 0 Å². The van der Waals surface area contributed by atoms with Gasteiger partial charge in [0.15, 0.2) is 0 Å². The summed E-state index contributed by atoms with van der Waals surface area (Å²) in [5, 5.41) is 10.9. The van der Waals surface area contributed by atoms with Gasteiger partial charge in [0.2, 0.25) is 5.91 Å². The monoisotopic (exact) mass is 380 g/mol. The lowest BCUT2D eigenvalue weighted by atomic mass is 9.84. The molecule has 148 valence electrons. The third-order valence-electron chi connectivity index (χ3n) is 5.30. The van der Waals surface area contributed by atoms with Gasteiger partial charge in [0.1, 0.15) is 6.17 Å². The molecular weight excluding hydrogens is 352 g/mol. The van der Waals surface area contributed by atoms with Crippen molar-refractivity contribution in [2.24, 2.45) is 11.3 Å². The Morgan fingerprint density at radius 2 is 1.57 bits per heavy atom. The Morgan fingerprint density at radius 3 is 2.11 bits per heavy atom. The Hall–Kier alpha value is -2.66. The lowest BCUT2D eigenvalue weighted by Gasteiger charge is -2.51. The van der Waals surface area contributed by atoms with E-state index in [1.807, 2.05) is 57.2 Å². The summed E-state index contributed by atoms with van der Waals surface area (Å²) in [4.78, 5) is 29.8. The molecule has 0 aliphatic carbocycles. The molecule has 0 bridgehead atoms. The predicted molar refractivity (Wildman–Crippen MR) is 108 cm³/mol. The second kappa shape index (κ2) is 7.76. The van der Waals surface area contributed by atoms with E-state index in [0.29, 0.717) is 11.1 Å². The van der Waals surface area contributed by atoms with Gasteiger partial charge in [-0.15, -0.1) is 0 Å². The van der Waals surface area contributed by atoms with Crippen molar-refractivity contribution in [3.8, 4) is 0 Å². The summed E-state index contributed by atoms with van der Waals surface area (Å²) in [5.41, 5.74) is 0.917. The number of amides is 2. The number of carbonyl (C=O) groups is 2. The average Bonchev–Trinajstić information content (AvgIpc) is 2.69. The zero-order valence-electron chi connectivity index (χ0n) is 16.9. The van der Waals surface area contributed by atoms with Crippen molar-refractivity contribution in [2.75, 3.05) is 13.6 Å².